The Bertz CT molecular complexity index is 430. The summed E-state index contributed by atoms with van der Waals surface area (Å²) in [4.78, 5) is 3.80. The molecule has 0 amide bonds. The van der Waals surface area contributed by atoms with Gasteiger partial charge in [0.15, 0.2) is 6.23 Å². The Morgan fingerprint density at radius 2 is 2.06 bits per heavy atom. The van der Waals surface area contributed by atoms with E-state index >= 15 is 0 Å². The van der Waals surface area contributed by atoms with Gasteiger partial charge in [-0.15, -0.1) is 0 Å². The average Bonchev–Trinajstić information content (AvgIpc) is 2.63. The van der Waals surface area contributed by atoms with Gasteiger partial charge in [-0.05, 0) is 6.07 Å². The first kappa shape index (κ1) is 12.8. The molecule has 1 aromatic rings. The number of nitrogens with two attached hydrogens (primary N) is 2. The summed E-state index contributed by atoms with van der Waals surface area (Å²) in [7, 11) is 0. The minimum absolute atomic E-state index is 0.159. The molecule has 1 fully saturated rings. The van der Waals surface area contributed by atoms with Crippen molar-refractivity contribution in [2.75, 3.05) is 23.4 Å². The van der Waals surface area contributed by atoms with Crippen LogP contribution in [0.5, 0.6) is 0 Å². The number of anilines is 3. The van der Waals surface area contributed by atoms with Crippen LogP contribution in [0.25, 0.3) is 0 Å². The monoisotopic (exact) mass is 256 g/mol. The van der Waals surface area contributed by atoms with Crippen molar-refractivity contribution in [2.45, 2.75) is 24.5 Å². The Kier molecular flexibility index (Phi) is 3.53. The van der Waals surface area contributed by atoms with Crippen molar-refractivity contribution in [1.82, 2.24) is 4.98 Å². The summed E-state index contributed by atoms with van der Waals surface area (Å²) in [5, 5.41) is 31.1. The summed E-state index contributed by atoms with van der Waals surface area (Å²) in [6.07, 6.45) is -2.59. The lowest BCUT2D eigenvalue weighted by molar-refractivity contribution is -0.0153. The largest absolute Gasteiger partial charge is 0.394 e. The zero-order chi connectivity index (χ0) is 13.3. The molecule has 0 aliphatic carbocycles. The van der Waals surface area contributed by atoms with Gasteiger partial charge in [-0.1, -0.05) is 0 Å². The van der Waals surface area contributed by atoms with Crippen molar-refractivity contribution in [2.24, 2.45) is 0 Å². The third-order valence-corrected chi connectivity index (χ3v) is 2.86. The molecule has 0 spiro atoms. The lowest BCUT2D eigenvalue weighted by Gasteiger charge is -2.19. The Hall–Kier alpha value is -1.61. The maximum absolute atomic E-state index is 9.74. The molecule has 4 atom stereocenters. The molecule has 1 aliphatic heterocycles. The van der Waals surface area contributed by atoms with E-state index in [4.69, 9.17) is 21.3 Å². The number of hydrogen-bond donors (Lipinski definition) is 6. The molecular weight excluding hydrogens is 240 g/mol. The van der Waals surface area contributed by atoms with Gasteiger partial charge in [0.2, 0.25) is 0 Å². The van der Waals surface area contributed by atoms with E-state index in [9.17, 15) is 10.2 Å². The number of aliphatic hydroxyl groups is 3. The number of pyridine rings is 1. The number of hydrogen-bond acceptors (Lipinski definition) is 8. The first-order valence-electron chi connectivity index (χ1n) is 5.43. The SMILES string of the molecule is Nc1nccc(N[C@@H]2O[C@H](CO)C(O)C2O)c1N. The normalized spacial score (nSPS) is 31.5. The Morgan fingerprint density at radius 1 is 1.33 bits per heavy atom. The van der Waals surface area contributed by atoms with Crippen molar-refractivity contribution in [3.05, 3.63) is 12.3 Å². The lowest BCUT2D eigenvalue weighted by atomic mass is 10.1. The molecule has 1 aromatic heterocycles. The smallest absolute Gasteiger partial charge is 0.157 e. The van der Waals surface area contributed by atoms with Crippen molar-refractivity contribution in [1.29, 1.82) is 0 Å². The molecule has 0 aromatic carbocycles. The van der Waals surface area contributed by atoms with Gasteiger partial charge in [-0.2, -0.15) is 0 Å². The second-order valence-electron chi connectivity index (χ2n) is 4.06. The number of rotatable bonds is 3. The van der Waals surface area contributed by atoms with Crippen LogP contribution in [-0.2, 0) is 4.74 Å². The highest BCUT2D eigenvalue weighted by Gasteiger charge is 2.42. The number of nitrogens with zero attached hydrogens (tertiary/aromatic N) is 1. The van der Waals surface area contributed by atoms with Gasteiger partial charge in [0.05, 0.1) is 18.0 Å². The summed E-state index contributed by atoms with van der Waals surface area (Å²) in [5.41, 5.74) is 11.9. The molecule has 0 saturated carbocycles. The van der Waals surface area contributed by atoms with E-state index in [1.807, 2.05) is 0 Å². The average molecular weight is 256 g/mol. The fraction of sp³-hybridized carbons (Fsp3) is 0.500. The topological polar surface area (TPSA) is 147 Å². The summed E-state index contributed by atoms with van der Waals surface area (Å²) < 4.78 is 5.26. The van der Waals surface area contributed by atoms with Gasteiger partial charge in [0.25, 0.3) is 0 Å². The summed E-state index contributed by atoms with van der Waals surface area (Å²) >= 11 is 0. The van der Waals surface area contributed by atoms with Crippen LogP contribution >= 0.6 is 0 Å². The van der Waals surface area contributed by atoms with Crippen LogP contribution in [-0.4, -0.2) is 51.5 Å². The van der Waals surface area contributed by atoms with E-state index in [0.29, 0.717) is 5.69 Å². The summed E-state index contributed by atoms with van der Waals surface area (Å²) in [6, 6.07) is 1.57. The first-order valence-corrected chi connectivity index (χ1v) is 5.43. The second kappa shape index (κ2) is 4.94. The third kappa shape index (κ3) is 2.18. The predicted molar refractivity (Wildman–Crippen MR) is 64.4 cm³/mol. The van der Waals surface area contributed by atoms with Gasteiger partial charge in [-0.25, -0.2) is 4.98 Å². The maximum atomic E-state index is 9.74. The molecular formula is C10H16N4O4. The minimum Gasteiger partial charge on any atom is -0.394 e. The van der Waals surface area contributed by atoms with Crippen molar-refractivity contribution in [3.63, 3.8) is 0 Å². The summed E-state index contributed by atoms with van der Waals surface area (Å²) in [5.74, 6) is 0.159. The lowest BCUT2D eigenvalue weighted by Crippen LogP contribution is -2.36. The van der Waals surface area contributed by atoms with Crippen LogP contribution in [0, 0.1) is 0 Å². The third-order valence-electron chi connectivity index (χ3n) is 2.86. The van der Waals surface area contributed by atoms with Crippen LogP contribution in [0.3, 0.4) is 0 Å². The number of aliphatic hydroxyl groups excluding tert-OH is 3. The Balaban J connectivity index is 2.13. The zero-order valence-corrected chi connectivity index (χ0v) is 9.52. The molecule has 1 saturated heterocycles. The highest BCUT2D eigenvalue weighted by Crippen LogP contribution is 2.27. The molecule has 8 N–H and O–H groups in total. The quantitative estimate of drug-likeness (QED) is 0.367. The number of ether oxygens (including phenoxy) is 1. The van der Waals surface area contributed by atoms with Crippen molar-refractivity contribution in [3.8, 4) is 0 Å². The van der Waals surface area contributed by atoms with E-state index in [1.165, 1.54) is 6.20 Å². The van der Waals surface area contributed by atoms with E-state index < -0.39 is 24.5 Å². The van der Waals surface area contributed by atoms with Crippen LogP contribution in [0.1, 0.15) is 0 Å². The Labute approximate surface area is 103 Å². The molecule has 2 heterocycles. The van der Waals surface area contributed by atoms with Gasteiger partial charge in [0, 0.05) is 6.20 Å². The fourth-order valence-corrected chi connectivity index (χ4v) is 1.79. The molecule has 18 heavy (non-hydrogen) atoms. The number of aromatic nitrogens is 1. The zero-order valence-electron chi connectivity index (χ0n) is 9.52. The highest BCUT2D eigenvalue weighted by molar-refractivity contribution is 5.75. The van der Waals surface area contributed by atoms with E-state index in [2.05, 4.69) is 10.3 Å². The summed E-state index contributed by atoms with van der Waals surface area (Å²) in [6.45, 7) is -0.385. The Morgan fingerprint density at radius 3 is 2.67 bits per heavy atom. The molecule has 2 unspecified atom stereocenters. The van der Waals surface area contributed by atoms with Crippen molar-refractivity contribution < 1.29 is 20.1 Å². The van der Waals surface area contributed by atoms with Crippen LogP contribution in [0.2, 0.25) is 0 Å². The van der Waals surface area contributed by atoms with Gasteiger partial charge < -0.3 is 36.8 Å². The molecule has 1 aliphatic rings. The van der Waals surface area contributed by atoms with Crippen molar-refractivity contribution >= 4 is 17.2 Å². The van der Waals surface area contributed by atoms with Gasteiger partial charge in [0.1, 0.15) is 24.1 Å². The van der Waals surface area contributed by atoms with Crippen LogP contribution < -0.4 is 16.8 Å². The molecule has 100 valence electrons. The second-order valence-corrected chi connectivity index (χ2v) is 4.06. The molecule has 8 nitrogen and oxygen atoms in total. The van der Waals surface area contributed by atoms with Crippen LogP contribution in [0.15, 0.2) is 12.3 Å². The number of nitrogens with one attached hydrogen (secondary N) is 1. The highest BCUT2D eigenvalue weighted by atomic mass is 16.6. The van der Waals surface area contributed by atoms with E-state index in [1.54, 1.807) is 6.07 Å². The molecule has 2 rings (SSSR count). The van der Waals surface area contributed by atoms with Gasteiger partial charge in [-0.3, -0.25) is 0 Å². The molecule has 8 heteroatoms. The molecule has 0 bridgehead atoms. The molecule has 0 radical (unpaired) electrons. The van der Waals surface area contributed by atoms with E-state index in [-0.39, 0.29) is 18.1 Å². The predicted octanol–water partition coefficient (Wildman–Crippen LogP) is -1.90. The van der Waals surface area contributed by atoms with Crippen LogP contribution in [0.4, 0.5) is 17.2 Å². The van der Waals surface area contributed by atoms with Gasteiger partial charge >= 0.3 is 0 Å². The van der Waals surface area contributed by atoms with E-state index in [0.717, 1.165) is 0 Å². The number of nitrogen functional groups attached to an aromatic ring is 2. The minimum atomic E-state index is -1.17. The maximum Gasteiger partial charge on any atom is 0.157 e. The first-order chi connectivity index (χ1) is 8.54. The standard InChI is InChI=1S/C10H16N4O4/c11-6-4(1-2-13-9(6)12)14-10-8(17)7(16)5(3-15)18-10/h1-2,5,7-8,10,15-17H,3,11H2,(H3,12,13,14)/t5-,7?,8?,10-/m1/s1. The fourth-order valence-electron chi connectivity index (χ4n) is 1.79.